The fourth-order valence-corrected chi connectivity index (χ4v) is 2.96. The van der Waals surface area contributed by atoms with Gasteiger partial charge in [-0.2, -0.15) is 0 Å². The lowest BCUT2D eigenvalue weighted by molar-refractivity contribution is 0.659. The predicted octanol–water partition coefficient (Wildman–Crippen LogP) is 2.93. The number of rotatable bonds is 2. The first-order valence-electron chi connectivity index (χ1n) is 5.42. The summed E-state index contributed by atoms with van der Waals surface area (Å²) in [6.07, 6.45) is 1.27. The van der Waals surface area contributed by atoms with E-state index in [0.717, 1.165) is 29.0 Å². The maximum absolute atomic E-state index is 5.63. The van der Waals surface area contributed by atoms with Crippen molar-refractivity contribution in [3.8, 4) is 0 Å². The third kappa shape index (κ3) is 2.38. The minimum Gasteiger partial charge on any atom is -0.389 e. The minimum absolute atomic E-state index is 0.438. The van der Waals surface area contributed by atoms with Crippen LogP contribution in [-0.4, -0.2) is 18.1 Å². The van der Waals surface area contributed by atoms with Gasteiger partial charge < -0.3 is 10.6 Å². The number of hydrogen-bond acceptors (Lipinski definition) is 2. The zero-order valence-corrected chi connectivity index (χ0v) is 11.6. The van der Waals surface area contributed by atoms with Crippen LogP contribution in [0.3, 0.4) is 0 Å². The molecule has 2 N–H and O–H groups in total. The second-order valence-electron chi connectivity index (χ2n) is 4.37. The quantitative estimate of drug-likeness (QED) is 0.851. The third-order valence-corrected chi connectivity index (χ3v) is 3.88. The Hall–Kier alpha value is -0.610. The van der Waals surface area contributed by atoms with E-state index in [1.165, 1.54) is 12.1 Å². The summed E-state index contributed by atoms with van der Waals surface area (Å²) in [4.78, 5) is 2.84. The van der Waals surface area contributed by atoms with Crippen LogP contribution >= 0.6 is 28.1 Å². The van der Waals surface area contributed by atoms with Crippen molar-refractivity contribution < 1.29 is 0 Å². The van der Waals surface area contributed by atoms with E-state index in [1.54, 1.807) is 0 Å². The highest BCUT2D eigenvalue weighted by Crippen LogP contribution is 2.28. The maximum atomic E-state index is 5.63. The molecule has 0 aliphatic carbocycles. The lowest BCUT2D eigenvalue weighted by atomic mass is 10.2. The summed E-state index contributed by atoms with van der Waals surface area (Å²) in [5.41, 5.74) is 7.78. The number of nitrogens with two attached hydrogens (primary N) is 1. The summed E-state index contributed by atoms with van der Waals surface area (Å²) in [5, 5.41) is 0. The Morgan fingerprint density at radius 2 is 2.31 bits per heavy atom. The van der Waals surface area contributed by atoms with Crippen LogP contribution < -0.4 is 10.6 Å². The number of nitrogens with zero attached hydrogens (tertiary/aromatic N) is 1. The van der Waals surface area contributed by atoms with Crippen LogP contribution in [0.1, 0.15) is 18.9 Å². The van der Waals surface area contributed by atoms with Crippen molar-refractivity contribution in [3.05, 3.63) is 28.2 Å². The van der Waals surface area contributed by atoms with Crippen LogP contribution in [-0.2, 0) is 0 Å². The highest BCUT2D eigenvalue weighted by Gasteiger charge is 2.19. The molecule has 1 aromatic rings. The summed E-state index contributed by atoms with van der Waals surface area (Å²) in [6, 6.07) is 6.19. The van der Waals surface area contributed by atoms with Crippen molar-refractivity contribution in [2.75, 3.05) is 18.0 Å². The van der Waals surface area contributed by atoms with Crippen molar-refractivity contribution in [1.82, 2.24) is 0 Å². The van der Waals surface area contributed by atoms with Crippen molar-refractivity contribution in [2.45, 2.75) is 13.3 Å². The Bertz CT molecular complexity index is 419. The van der Waals surface area contributed by atoms with Gasteiger partial charge in [-0.25, -0.2) is 0 Å². The lowest BCUT2D eigenvalue weighted by Gasteiger charge is -2.19. The first-order chi connectivity index (χ1) is 7.58. The molecule has 1 aliphatic rings. The largest absolute Gasteiger partial charge is 0.389 e. The SMILES string of the molecule is CC1CCN(c2ccc(C(N)=S)c(Br)c2)C1. The molecule has 0 saturated carbocycles. The lowest BCUT2D eigenvalue weighted by Crippen LogP contribution is -2.19. The topological polar surface area (TPSA) is 29.3 Å². The zero-order chi connectivity index (χ0) is 11.7. The van der Waals surface area contributed by atoms with E-state index < -0.39 is 0 Å². The first-order valence-corrected chi connectivity index (χ1v) is 6.62. The second-order valence-corrected chi connectivity index (χ2v) is 5.66. The number of hydrogen-bond donors (Lipinski definition) is 1. The van der Waals surface area contributed by atoms with Crippen LogP contribution in [0, 0.1) is 5.92 Å². The molecule has 0 amide bonds. The first kappa shape index (κ1) is 11.9. The third-order valence-electron chi connectivity index (χ3n) is 3.01. The van der Waals surface area contributed by atoms with Gasteiger partial charge in [0.05, 0.1) is 0 Å². The molecule has 1 fully saturated rings. The molecule has 2 nitrogen and oxygen atoms in total. The number of benzene rings is 1. The molecule has 86 valence electrons. The van der Waals surface area contributed by atoms with Crippen LogP contribution in [0.25, 0.3) is 0 Å². The van der Waals surface area contributed by atoms with Gasteiger partial charge in [0.2, 0.25) is 0 Å². The minimum atomic E-state index is 0.438. The Balaban J connectivity index is 2.24. The second kappa shape index (κ2) is 4.72. The fraction of sp³-hybridized carbons (Fsp3) is 0.417. The molecule has 0 aromatic heterocycles. The number of anilines is 1. The Morgan fingerprint density at radius 3 is 2.81 bits per heavy atom. The molecule has 0 radical (unpaired) electrons. The van der Waals surface area contributed by atoms with Gasteiger partial charge in [-0.3, -0.25) is 0 Å². The van der Waals surface area contributed by atoms with Gasteiger partial charge in [-0.05, 0) is 46.5 Å². The van der Waals surface area contributed by atoms with Crippen molar-refractivity contribution in [2.24, 2.45) is 11.7 Å². The maximum Gasteiger partial charge on any atom is 0.105 e. The van der Waals surface area contributed by atoms with E-state index in [0.29, 0.717) is 4.99 Å². The molecule has 2 rings (SSSR count). The molecule has 0 spiro atoms. The van der Waals surface area contributed by atoms with E-state index in [2.05, 4.69) is 39.9 Å². The average molecular weight is 299 g/mol. The van der Waals surface area contributed by atoms with E-state index in [9.17, 15) is 0 Å². The van der Waals surface area contributed by atoms with E-state index in [-0.39, 0.29) is 0 Å². The van der Waals surface area contributed by atoms with E-state index in [1.807, 2.05) is 6.07 Å². The molecule has 1 aliphatic heterocycles. The standard InChI is InChI=1S/C12H15BrN2S/c1-8-4-5-15(7-8)9-2-3-10(12(14)16)11(13)6-9/h2-3,6,8H,4-5,7H2,1H3,(H2,14,16). The molecule has 1 unspecified atom stereocenters. The van der Waals surface area contributed by atoms with Crippen molar-refractivity contribution in [3.63, 3.8) is 0 Å². The van der Waals surface area contributed by atoms with Crippen molar-refractivity contribution >= 4 is 38.8 Å². The molecule has 0 bridgehead atoms. The van der Waals surface area contributed by atoms with Crippen LogP contribution in [0.4, 0.5) is 5.69 Å². The Morgan fingerprint density at radius 1 is 1.56 bits per heavy atom. The molecular formula is C12H15BrN2S. The van der Waals surface area contributed by atoms with Crippen LogP contribution in [0.15, 0.2) is 22.7 Å². The molecule has 4 heteroatoms. The number of halogens is 1. The molecule has 1 atom stereocenters. The van der Waals surface area contributed by atoms with Crippen LogP contribution in [0.5, 0.6) is 0 Å². The van der Waals surface area contributed by atoms with E-state index in [4.69, 9.17) is 18.0 Å². The van der Waals surface area contributed by atoms with Gasteiger partial charge in [0, 0.05) is 28.8 Å². The van der Waals surface area contributed by atoms with Gasteiger partial charge in [-0.15, -0.1) is 0 Å². The summed E-state index contributed by atoms with van der Waals surface area (Å²) in [6.45, 7) is 4.57. The fourth-order valence-electron chi connectivity index (χ4n) is 2.07. The molecule has 1 heterocycles. The highest BCUT2D eigenvalue weighted by molar-refractivity contribution is 9.10. The van der Waals surface area contributed by atoms with Crippen LogP contribution in [0.2, 0.25) is 0 Å². The molecular weight excluding hydrogens is 284 g/mol. The smallest absolute Gasteiger partial charge is 0.105 e. The van der Waals surface area contributed by atoms with Gasteiger partial charge >= 0.3 is 0 Å². The molecule has 1 aromatic carbocycles. The molecule has 16 heavy (non-hydrogen) atoms. The van der Waals surface area contributed by atoms with Gasteiger partial charge in [0.1, 0.15) is 4.99 Å². The molecule has 1 saturated heterocycles. The normalized spacial score (nSPS) is 20.1. The Kier molecular flexibility index (Phi) is 3.50. The monoisotopic (exact) mass is 298 g/mol. The van der Waals surface area contributed by atoms with Crippen molar-refractivity contribution in [1.29, 1.82) is 0 Å². The zero-order valence-electron chi connectivity index (χ0n) is 9.24. The summed E-state index contributed by atoms with van der Waals surface area (Å²) in [5.74, 6) is 0.786. The van der Waals surface area contributed by atoms with Gasteiger partial charge in [0.15, 0.2) is 0 Å². The Labute approximate surface area is 110 Å². The summed E-state index contributed by atoms with van der Waals surface area (Å²) >= 11 is 8.50. The summed E-state index contributed by atoms with van der Waals surface area (Å²) < 4.78 is 0.983. The predicted molar refractivity (Wildman–Crippen MR) is 76.0 cm³/mol. The average Bonchev–Trinajstić information content (AvgIpc) is 2.64. The van der Waals surface area contributed by atoms with Gasteiger partial charge in [0.25, 0.3) is 0 Å². The van der Waals surface area contributed by atoms with E-state index >= 15 is 0 Å². The van der Waals surface area contributed by atoms with Gasteiger partial charge in [-0.1, -0.05) is 19.1 Å². The highest BCUT2D eigenvalue weighted by atomic mass is 79.9. The number of thiocarbonyl (C=S) groups is 1. The summed E-state index contributed by atoms with van der Waals surface area (Å²) in [7, 11) is 0.